The van der Waals surface area contributed by atoms with Gasteiger partial charge < -0.3 is 10.1 Å². The largest absolute Gasteiger partial charge is 0.478 e. The van der Waals surface area contributed by atoms with Crippen molar-refractivity contribution in [1.82, 2.24) is 9.97 Å². The smallest absolute Gasteiger partial charge is 0.328 e. The molecule has 4 nitrogen and oxygen atoms in total. The van der Waals surface area contributed by atoms with Gasteiger partial charge in [-0.1, -0.05) is 0 Å². The number of carboxylic acids is 1. The van der Waals surface area contributed by atoms with E-state index < -0.39 is 5.97 Å². The van der Waals surface area contributed by atoms with Crippen LogP contribution in [0.25, 0.3) is 17.1 Å². The van der Waals surface area contributed by atoms with Crippen LogP contribution in [-0.2, 0) is 4.79 Å². The van der Waals surface area contributed by atoms with Crippen molar-refractivity contribution >= 4 is 39.0 Å². The Labute approximate surface area is 100 Å². The molecule has 0 unspecified atom stereocenters. The van der Waals surface area contributed by atoms with Crippen molar-refractivity contribution in [2.45, 2.75) is 6.92 Å². The molecule has 0 saturated carbocycles. The molecule has 0 bridgehead atoms. The third-order valence-electron chi connectivity index (χ3n) is 2.09. The minimum atomic E-state index is -0.990. The van der Waals surface area contributed by atoms with Crippen LogP contribution in [0.3, 0.4) is 0 Å². The molecular formula is C11H9BrN2O2. The predicted octanol–water partition coefficient (Wildman–Crippen LogP) is 2.73. The molecule has 1 heterocycles. The number of carboxylic acid groups (broad SMARTS) is 1. The molecule has 2 rings (SSSR count). The summed E-state index contributed by atoms with van der Waals surface area (Å²) in [5.41, 5.74) is 2.80. The molecule has 0 atom stereocenters. The molecule has 2 N–H and O–H groups in total. The molecule has 0 radical (unpaired) electrons. The first-order valence-corrected chi connectivity index (χ1v) is 5.42. The van der Waals surface area contributed by atoms with E-state index in [4.69, 9.17) is 5.11 Å². The summed E-state index contributed by atoms with van der Waals surface area (Å²) in [4.78, 5) is 17.7. The quantitative estimate of drug-likeness (QED) is 0.832. The number of aliphatic carboxylic acids is 1. The Kier molecular flexibility index (Phi) is 2.78. The number of hydrogen-bond donors (Lipinski definition) is 2. The van der Waals surface area contributed by atoms with Crippen LogP contribution in [-0.4, -0.2) is 21.0 Å². The number of benzene rings is 1. The fourth-order valence-electron chi connectivity index (χ4n) is 1.46. The van der Waals surface area contributed by atoms with Gasteiger partial charge in [0.25, 0.3) is 0 Å². The molecular weight excluding hydrogens is 272 g/mol. The molecule has 0 aliphatic carbocycles. The summed E-state index contributed by atoms with van der Waals surface area (Å²) in [6, 6.07) is 3.93. The summed E-state index contributed by atoms with van der Waals surface area (Å²) < 4.78 is 0.897. The molecule has 2 aromatic rings. The van der Waals surface area contributed by atoms with Crippen LogP contribution in [0.5, 0.6) is 0 Å². The topological polar surface area (TPSA) is 66.0 Å². The number of hydrogen-bond acceptors (Lipinski definition) is 2. The zero-order valence-corrected chi connectivity index (χ0v) is 10.1. The Morgan fingerprint density at radius 3 is 3.00 bits per heavy atom. The number of halogens is 1. The second-order valence-electron chi connectivity index (χ2n) is 3.44. The van der Waals surface area contributed by atoms with Gasteiger partial charge in [0.15, 0.2) is 0 Å². The zero-order valence-electron chi connectivity index (χ0n) is 8.49. The van der Waals surface area contributed by atoms with Crippen LogP contribution >= 0.6 is 15.9 Å². The summed E-state index contributed by atoms with van der Waals surface area (Å²) in [5, 5.41) is 8.51. The van der Waals surface area contributed by atoms with E-state index in [0.717, 1.165) is 27.1 Å². The Balaban J connectivity index is 2.52. The van der Waals surface area contributed by atoms with E-state index in [-0.39, 0.29) is 0 Å². The maximum atomic E-state index is 10.4. The summed E-state index contributed by atoms with van der Waals surface area (Å²) in [5.74, 6) is -0.459. The van der Waals surface area contributed by atoms with Gasteiger partial charge in [-0.25, -0.2) is 9.78 Å². The Morgan fingerprint density at radius 1 is 1.56 bits per heavy atom. The van der Waals surface area contributed by atoms with Gasteiger partial charge in [0.05, 0.1) is 5.52 Å². The summed E-state index contributed by atoms with van der Waals surface area (Å²) >= 11 is 3.42. The molecule has 0 aliphatic rings. The summed E-state index contributed by atoms with van der Waals surface area (Å²) in [7, 11) is 0. The average Bonchev–Trinajstić information content (AvgIpc) is 2.57. The van der Waals surface area contributed by atoms with E-state index in [2.05, 4.69) is 25.9 Å². The minimum absolute atomic E-state index is 0.531. The molecule has 0 spiro atoms. The Morgan fingerprint density at radius 2 is 2.31 bits per heavy atom. The third-order valence-corrected chi connectivity index (χ3v) is 2.69. The second-order valence-corrected chi connectivity index (χ2v) is 4.29. The lowest BCUT2D eigenvalue weighted by molar-refractivity contribution is -0.131. The van der Waals surface area contributed by atoms with Crippen LogP contribution in [0.1, 0.15) is 11.4 Å². The standard InChI is InChI=1S/C11H9BrN2O2/c1-6-4-7(12)11-8(5-6)13-9(14-11)2-3-10(15)16/h2-5H,1H3,(H,13,14)(H,15,16)/b3-2+. The highest BCUT2D eigenvalue weighted by Crippen LogP contribution is 2.24. The number of H-pyrrole nitrogens is 1. The Hall–Kier alpha value is -1.62. The number of nitrogens with one attached hydrogen (secondary N) is 1. The molecule has 0 amide bonds. The van der Waals surface area contributed by atoms with Crippen molar-refractivity contribution in [3.8, 4) is 0 Å². The normalized spacial score (nSPS) is 11.4. The van der Waals surface area contributed by atoms with Crippen molar-refractivity contribution in [2.24, 2.45) is 0 Å². The average molecular weight is 281 g/mol. The van der Waals surface area contributed by atoms with Crippen LogP contribution < -0.4 is 0 Å². The second kappa shape index (κ2) is 4.09. The van der Waals surface area contributed by atoms with Gasteiger partial charge in [0.1, 0.15) is 11.3 Å². The molecule has 0 aliphatic heterocycles. The lowest BCUT2D eigenvalue weighted by atomic mass is 10.2. The highest BCUT2D eigenvalue weighted by Gasteiger charge is 2.05. The number of aromatic amines is 1. The molecule has 82 valence electrons. The van der Waals surface area contributed by atoms with E-state index in [0.29, 0.717) is 5.82 Å². The van der Waals surface area contributed by atoms with E-state index in [1.165, 1.54) is 6.08 Å². The van der Waals surface area contributed by atoms with Gasteiger partial charge in [-0.05, 0) is 46.6 Å². The number of rotatable bonds is 2. The highest BCUT2D eigenvalue weighted by atomic mass is 79.9. The first-order valence-electron chi connectivity index (χ1n) is 4.63. The van der Waals surface area contributed by atoms with Gasteiger partial charge in [0, 0.05) is 10.5 Å². The minimum Gasteiger partial charge on any atom is -0.478 e. The molecule has 1 aromatic heterocycles. The van der Waals surface area contributed by atoms with Gasteiger partial charge in [-0.2, -0.15) is 0 Å². The number of aromatic nitrogens is 2. The third kappa shape index (κ3) is 2.14. The van der Waals surface area contributed by atoms with Crippen molar-refractivity contribution < 1.29 is 9.90 Å². The Bertz CT molecular complexity index is 587. The molecule has 0 saturated heterocycles. The lowest BCUT2D eigenvalue weighted by Gasteiger charge is -1.94. The highest BCUT2D eigenvalue weighted by molar-refractivity contribution is 9.10. The lowest BCUT2D eigenvalue weighted by Crippen LogP contribution is -1.86. The number of imidazole rings is 1. The monoisotopic (exact) mass is 280 g/mol. The molecule has 16 heavy (non-hydrogen) atoms. The molecule has 0 fully saturated rings. The van der Waals surface area contributed by atoms with E-state index >= 15 is 0 Å². The first-order chi connectivity index (χ1) is 7.56. The fraction of sp³-hybridized carbons (Fsp3) is 0.0909. The predicted molar refractivity (Wildman–Crippen MR) is 65.2 cm³/mol. The summed E-state index contributed by atoms with van der Waals surface area (Å²) in [6.45, 7) is 1.98. The number of fused-ring (bicyclic) bond motifs is 1. The van der Waals surface area contributed by atoms with Crippen molar-refractivity contribution in [3.63, 3.8) is 0 Å². The van der Waals surface area contributed by atoms with Crippen LogP contribution in [0.15, 0.2) is 22.7 Å². The van der Waals surface area contributed by atoms with Crippen molar-refractivity contribution in [1.29, 1.82) is 0 Å². The maximum Gasteiger partial charge on any atom is 0.328 e. The van der Waals surface area contributed by atoms with E-state index in [1.54, 1.807) is 0 Å². The number of nitrogens with zero attached hydrogens (tertiary/aromatic N) is 1. The first kappa shape index (κ1) is 10.9. The van der Waals surface area contributed by atoms with Crippen LogP contribution in [0.4, 0.5) is 0 Å². The fourth-order valence-corrected chi connectivity index (χ4v) is 2.12. The SMILES string of the molecule is Cc1cc(Br)c2nc(/C=C/C(=O)O)[nH]c2c1. The van der Waals surface area contributed by atoms with Crippen molar-refractivity contribution in [3.05, 3.63) is 34.1 Å². The van der Waals surface area contributed by atoms with Gasteiger partial charge in [0.2, 0.25) is 0 Å². The van der Waals surface area contributed by atoms with Crippen LogP contribution in [0, 0.1) is 6.92 Å². The molecule has 1 aromatic carbocycles. The number of aryl methyl sites for hydroxylation is 1. The van der Waals surface area contributed by atoms with E-state index in [9.17, 15) is 4.79 Å². The van der Waals surface area contributed by atoms with Crippen LogP contribution in [0.2, 0.25) is 0 Å². The van der Waals surface area contributed by atoms with Crippen molar-refractivity contribution in [2.75, 3.05) is 0 Å². The van der Waals surface area contributed by atoms with Gasteiger partial charge in [-0.15, -0.1) is 0 Å². The van der Waals surface area contributed by atoms with Gasteiger partial charge >= 0.3 is 5.97 Å². The van der Waals surface area contributed by atoms with Gasteiger partial charge in [-0.3, -0.25) is 0 Å². The number of carbonyl (C=O) groups is 1. The molecule has 5 heteroatoms. The zero-order chi connectivity index (χ0) is 11.7. The van der Waals surface area contributed by atoms with E-state index in [1.807, 2.05) is 19.1 Å². The summed E-state index contributed by atoms with van der Waals surface area (Å²) in [6.07, 6.45) is 2.49. The maximum absolute atomic E-state index is 10.4.